The van der Waals surface area contributed by atoms with Crippen molar-refractivity contribution >= 4 is 23.0 Å². The lowest BCUT2D eigenvalue weighted by molar-refractivity contribution is -0.700. The van der Waals surface area contributed by atoms with Crippen molar-refractivity contribution in [3.05, 3.63) is 152 Å². The Morgan fingerprint density at radius 2 is 1.18 bits per heavy atom. The number of rotatable bonds is 7. The average Bonchev–Trinajstić information content (AvgIpc) is 3.62. The van der Waals surface area contributed by atoms with Crippen molar-refractivity contribution in [2.75, 3.05) is 16.8 Å². The molecule has 0 atom stereocenters. The summed E-state index contributed by atoms with van der Waals surface area (Å²) >= 11 is 0. The Hall–Kier alpha value is -5.10. The quantitative estimate of drug-likeness (QED) is 0.138. The average molecular weight is 649 g/mol. The van der Waals surface area contributed by atoms with Crippen LogP contribution in [-0.2, 0) is 39.4 Å². The van der Waals surface area contributed by atoms with Crippen LogP contribution < -0.4 is 18.9 Å². The third-order valence-electron chi connectivity index (χ3n) is 11.1. The van der Waals surface area contributed by atoms with Crippen LogP contribution >= 0.6 is 0 Å². The zero-order valence-corrected chi connectivity index (χ0v) is 30.3. The van der Waals surface area contributed by atoms with E-state index in [-0.39, 0.29) is 0 Å². The number of likely N-dealkylation sites (N-methyl/N-ethyl adjacent to an activating group) is 1. The summed E-state index contributed by atoms with van der Waals surface area (Å²) in [4.78, 5) is 4.49. The first-order chi connectivity index (χ1) is 23.6. The standard InChI is InChI=1S/C43H48N6/c1-28-21-38(30(3)32(5)46(28)7)23-39-22-29(2)48(33(6)31(39)4)26-34-17-19-35(20-18-34)27-49-41-16-12-10-14-37(41)25-43(49)45-44-42-24-36-13-9-11-15-40(36)47(42)8/h9-22H,23-27H2,1-8H3/q+2/b44-42-,45-43+. The molecule has 248 valence electrons. The lowest BCUT2D eigenvalue weighted by Gasteiger charge is -2.20. The van der Waals surface area contributed by atoms with Crippen LogP contribution in [0, 0.1) is 41.5 Å². The van der Waals surface area contributed by atoms with E-state index in [1.165, 1.54) is 78.7 Å². The van der Waals surface area contributed by atoms with Crippen molar-refractivity contribution in [2.45, 2.75) is 73.9 Å². The molecule has 0 radical (unpaired) electrons. The van der Waals surface area contributed by atoms with Crippen LogP contribution in [0.3, 0.4) is 0 Å². The van der Waals surface area contributed by atoms with Gasteiger partial charge in [-0.1, -0.05) is 60.7 Å². The molecule has 0 saturated heterocycles. The number of anilines is 2. The fraction of sp³-hybridized carbons (Fsp3) is 0.302. The van der Waals surface area contributed by atoms with E-state index in [0.29, 0.717) is 0 Å². The first-order valence-corrected chi connectivity index (χ1v) is 17.4. The van der Waals surface area contributed by atoms with Gasteiger partial charge in [0.2, 0.25) is 0 Å². The Bertz CT molecular complexity index is 2140. The molecule has 4 heterocycles. The van der Waals surface area contributed by atoms with Crippen LogP contribution in [0.5, 0.6) is 0 Å². The maximum Gasteiger partial charge on any atom is 0.181 e. The number of para-hydroxylation sites is 2. The van der Waals surface area contributed by atoms with Crippen LogP contribution in [0.25, 0.3) is 0 Å². The molecule has 0 amide bonds. The molecule has 0 bridgehead atoms. The Labute approximate surface area is 291 Å². The highest BCUT2D eigenvalue weighted by atomic mass is 15.4. The van der Waals surface area contributed by atoms with Crippen LogP contribution in [0.4, 0.5) is 11.4 Å². The topological polar surface area (TPSA) is 39.0 Å². The molecule has 0 aliphatic carbocycles. The van der Waals surface area contributed by atoms with E-state index in [9.17, 15) is 0 Å². The van der Waals surface area contributed by atoms with Crippen LogP contribution in [0.15, 0.2) is 95.1 Å². The van der Waals surface area contributed by atoms with E-state index in [2.05, 4.69) is 160 Å². The summed E-state index contributed by atoms with van der Waals surface area (Å²) in [5.74, 6) is 1.97. The lowest BCUT2D eigenvalue weighted by atomic mass is 9.95. The highest BCUT2D eigenvalue weighted by Gasteiger charge is 2.27. The Kier molecular flexibility index (Phi) is 8.66. The fourth-order valence-corrected chi connectivity index (χ4v) is 7.50. The van der Waals surface area contributed by atoms with Gasteiger partial charge in [-0.2, -0.15) is 4.57 Å². The smallest absolute Gasteiger partial charge is 0.181 e. The molecule has 6 heteroatoms. The number of fused-ring (bicyclic) bond motifs is 2. The van der Waals surface area contributed by atoms with Gasteiger partial charge in [0.1, 0.15) is 18.7 Å². The van der Waals surface area contributed by atoms with Gasteiger partial charge < -0.3 is 9.80 Å². The predicted octanol–water partition coefficient (Wildman–Crippen LogP) is 7.26. The second-order valence-corrected chi connectivity index (χ2v) is 14.0. The van der Waals surface area contributed by atoms with Gasteiger partial charge in [-0.25, -0.2) is 4.57 Å². The van der Waals surface area contributed by atoms with Crippen molar-refractivity contribution in [1.29, 1.82) is 0 Å². The van der Waals surface area contributed by atoms with Gasteiger partial charge >= 0.3 is 0 Å². The van der Waals surface area contributed by atoms with E-state index < -0.39 is 0 Å². The molecule has 0 fully saturated rings. The maximum absolute atomic E-state index is 4.87. The van der Waals surface area contributed by atoms with Crippen molar-refractivity contribution in [3.8, 4) is 0 Å². The molecule has 6 nitrogen and oxygen atoms in total. The lowest BCUT2D eigenvalue weighted by Crippen LogP contribution is -2.42. The van der Waals surface area contributed by atoms with Gasteiger partial charge in [-0.05, 0) is 60.2 Å². The first-order valence-electron chi connectivity index (χ1n) is 17.4. The first kappa shape index (κ1) is 32.4. The summed E-state index contributed by atoms with van der Waals surface area (Å²) in [6, 6.07) is 31.0. The van der Waals surface area contributed by atoms with Gasteiger partial charge in [-0.15, -0.1) is 10.2 Å². The summed E-state index contributed by atoms with van der Waals surface area (Å²) < 4.78 is 4.74. The van der Waals surface area contributed by atoms with Gasteiger partial charge in [-0.3, -0.25) is 0 Å². The van der Waals surface area contributed by atoms with Gasteiger partial charge in [0, 0.05) is 94.3 Å². The largest absolute Gasteiger partial charge is 0.331 e. The van der Waals surface area contributed by atoms with Crippen molar-refractivity contribution in [2.24, 2.45) is 17.3 Å². The Morgan fingerprint density at radius 3 is 1.88 bits per heavy atom. The third kappa shape index (κ3) is 6.16. The van der Waals surface area contributed by atoms with Crippen molar-refractivity contribution in [1.82, 2.24) is 0 Å². The number of benzene rings is 3. The second kappa shape index (κ2) is 13.1. The third-order valence-corrected chi connectivity index (χ3v) is 11.1. The molecule has 0 saturated carbocycles. The molecule has 2 aromatic heterocycles. The normalized spacial score (nSPS) is 15.4. The summed E-state index contributed by atoms with van der Waals surface area (Å²) in [6.45, 7) is 15.1. The second-order valence-electron chi connectivity index (χ2n) is 14.0. The Morgan fingerprint density at radius 1 is 0.633 bits per heavy atom. The van der Waals surface area contributed by atoms with Gasteiger partial charge in [0.15, 0.2) is 29.3 Å². The number of amidine groups is 2. The monoisotopic (exact) mass is 648 g/mol. The van der Waals surface area contributed by atoms with Crippen LogP contribution in [0.1, 0.15) is 67.3 Å². The maximum atomic E-state index is 4.87. The van der Waals surface area contributed by atoms with Crippen LogP contribution in [0.2, 0.25) is 0 Å². The van der Waals surface area contributed by atoms with Crippen molar-refractivity contribution < 1.29 is 9.13 Å². The van der Waals surface area contributed by atoms with E-state index in [0.717, 1.165) is 44.0 Å². The molecule has 3 aromatic carbocycles. The minimum Gasteiger partial charge on any atom is -0.331 e. The number of hydrogen-bond donors (Lipinski definition) is 0. The number of pyridine rings is 2. The molecule has 2 aliphatic heterocycles. The molecule has 0 spiro atoms. The van der Waals surface area contributed by atoms with E-state index in [1.807, 2.05) is 0 Å². The minimum atomic E-state index is 0.756. The van der Waals surface area contributed by atoms with E-state index >= 15 is 0 Å². The zero-order chi connectivity index (χ0) is 34.4. The Balaban J connectivity index is 1.09. The molecule has 0 N–H and O–H groups in total. The SMILES string of the molecule is Cc1c(Cc2cc(C)[n+](Cc3ccc(CN4/C(=N/N=C5/Cc6ccccc6N5C)Cc5ccccc54)cc3)c(C)c2C)cc(C)[n+](C)c1C. The van der Waals surface area contributed by atoms with Crippen molar-refractivity contribution in [3.63, 3.8) is 0 Å². The van der Waals surface area contributed by atoms with Crippen LogP contribution in [-0.4, -0.2) is 18.7 Å². The molecule has 2 aliphatic rings. The highest BCUT2D eigenvalue weighted by Crippen LogP contribution is 2.32. The molecule has 7 rings (SSSR count). The highest BCUT2D eigenvalue weighted by molar-refractivity contribution is 6.07. The number of hydrogen-bond acceptors (Lipinski definition) is 2. The van der Waals surface area contributed by atoms with Gasteiger partial charge in [0.05, 0.1) is 0 Å². The summed E-state index contributed by atoms with van der Waals surface area (Å²) in [5, 5.41) is 9.66. The fourth-order valence-electron chi connectivity index (χ4n) is 7.50. The summed E-state index contributed by atoms with van der Waals surface area (Å²) in [7, 11) is 4.24. The molecular formula is C43H48N6+2. The van der Waals surface area contributed by atoms with E-state index in [4.69, 9.17) is 10.2 Å². The molecule has 0 unspecified atom stereocenters. The molecular weight excluding hydrogens is 601 g/mol. The molecule has 5 aromatic rings. The predicted molar refractivity (Wildman–Crippen MR) is 201 cm³/mol. The number of aryl methyl sites for hydroxylation is 2. The summed E-state index contributed by atoms with van der Waals surface area (Å²) in [5.41, 5.74) is 18.4. The minimum absolute atomic E-state index is 0.756. The number of aromatic nitrogens is 2. The summed E-state index contributed by atoms with van der Waals surface area (Å²) in [6.07, 6.45) is 2.55. The zero-order valence-electron chi connectivity index (χ0n) is 30.3. The van der Waals surface area contributed by atoms with Gasteiger partial charge in [0.25, 0.3) is 0 Å². The van der Waals surface area contributed by atoms with E-state index in [1.54, 1.807) is 0 Å². The number of nitrogens with zero attached hydrogens (tertiary/aromatic N) is 6. The molecule has 49 heavy (non-hydrogen) atoms.